The molecule has 9 heteroatoms. The molecule has 0 saturated heterocycles. The van der Waals surface area contributed by atoms with Crippen LogP contribution >= 0.6 is 0 Å². The van der Waals surface area contributed by atoms with Crippen LogP contribution in [0.2, 0.25) is 0 Å². The molecule has 8 nitrogen and oxygen atoms in total. The maximum Gasteiger partial charge on any atom is 0.351 e. The Morgan fingerprint density at radius 3 is 2.57 bits per heavy atom. The molecule has 0 unspecified atom stereocenters. The highest BCUT2D eigenvalue weighted by molar-refractivity contribution is 7.90. The highest BCUT2D eigenvalue weighted by Crippen LogP contribution is 2.40. The van der Waals surface area contributed by atoms with E-state index in [2.05, 4.69) is 0 Å². The van der Waals surface area contributed by atoms with Crippen molar-refractivity contribution in [1.29, 1.82) is 5.26 Å². The first-order chi connectivity index (χ1) is 10.8. The number of carbonyl (C=O) groups excluding carboxylic acids is 1. The summed E-state index contributed by atoms with van der Waals surface area (Å²) in [4.78, 5) is 22.8. The van der Waals surface area contributed by atoms with Gasteiger partial charge in [0.1, 0.15) is 12.6 Å². The Hall–Kier alpha value is -2.86. The number of nitriles is 1. The molecule has 1 N–H and O–H groups in total. The van der Waals surface area contributed by atoms with Crippen LogP contribution in [0.5, 0.6) is 0 Å². The first-order valence-electron chi connectivity index (χ1n) is 6.50. The monoisotopic (exact) mass is 336 g/mol. The second kappa shape index (κ2) is 6.10. The SMILES string of the molecule is CCOC(=O)/C(C#N)=C1/c2ccccc2S(=O)(=O)N1CC(=O)O. The zero-order chi connectivity index (χ0) is 17.2. The summed E-state index contributed by atoms with van der Waals surface area (Å²) in [5, 5.41) is 18.2. The first kappa shape index (κ1) is 16.5. The molecule has 1 aromatic carbocycles. The molecule has 0 spiro atoms. The fourth-order valence-corrected chi connectivity index (χ4v) is 3.85. The van der Waals surface area contributed by atoms with Crippen molar-refractivity contribution in [1.82, 2.24) is 4.31 Å². The molecule has 1 aliphatic rings. The normalized spacial score (nSPS) is 17.1. The third-order valence-electron chi connectivity index (χ3n) is 3.07. The Bertz CT molecular complexity index is 850. The van der Waals surface area contributed by atoms with E-state index in [-0.39, 0.29) is 22.8 Å². The molecular formula is C14H12N2O6S. The van der Waals surface area contributed by atoms with Crippen LogP contribution in [0, 0.1) is 11.3 Å². The third-order valence-corrected chi connectivity index (χ3v) is 4.87. The molecule has 120 valence electrons. The van der Waals surface area contributed by atoms with Gasteiger partial charge in [0, 0.05) is 5.56 Å². The van der Waals surface area contributed by atoms with Crippen LogP contribution in [0.25, 0.3) is 5.70 Å². The number of carboxylic acid groups (broad SMARTS) is 1. The summed E-state index contributed by atoms with van der Waals surface area (Å²) in [7, 11) is -4.16. The average Bonchev–Trinajstić information content (AvgIpc) is 2.70. The van der Waals surface area contributed by atoms with Crippen molar-refractivity contribution in [2.24, 2.45) is 0 Å². The van der Waals surface area contributed by atoms with E-state index >= 15 is 0 Å². The Kier molecular flexibility index (Phi) is 4.38. The van der Waals surface area contributed by atoms with Crippen LogP contribution in [0.4, 0.5) is 0 Å². The van der Waals surface area contributed by atoms with Gasteiger partial charge in [-0.2, -0.15) is 5.26 Å². The van der Waals surface area contributed by atoms with Gasteiger partial charge < -0.3 is 9.84 Å². The van der Waals surface area contributed by atoms with Gasteiger partial charge >= 0.3 is 11.9 Å². The predicted molar refractivity (Wildman–Crippen MR) is 77.1 cm³/mol. The second-order valence-corrected chi connectivity index (χ2v) is 6.29. The number of sulfonamides is 1. The van der Waals surface area contributed by atoms with Gasteiger partial charge in [-0.1, -0.05) is 18.2 Å². The molecule has 0 aliphatic carbocycles. The quantitative estimate of drug-likeness (QED) is 0.484. The van der Waals surface area contributed by atoms with Crippen molar-refractivity contribution in [3.8, 4) is 6.07 Å². The number of aliphatic carboxylic acids is 1. The van der Waals surface area contributed by atoms with E-state index < -0.39 is 34.1 Å². The summed E-state index contributed by atoms with van der Waals surface area (Å²) in [6, 6.07) is 7.30. The number of hydrogen-bond acceptors (Lipinski definition) is 6. The first-order valence-corrected chi connectivity index (χ1v) is 7.94. The lowest BCUT2D eigenvalue weighted by atomic mass is 10.1. The van der Waals surface area contributed by atoms with E-state index in [1.54, 1.807) is 6.07 Å². The minimum absolute atomic E-state index is 0.00930. The van der Waals surface area contributed by atoms with Gasteiger partial charge in [-0.15, -0.1) is 0 Å². The lowest BCUT2D eigenvalue weighted by Gasteiger charge is -2.17. The van der Waals surface area contributed by atoms with Crippen LogP contribution in [0.1, 0.15) is 12.5 Å². The van der Waals surface area contributed by atoms with Crippen molar-refractivity contribution in [3.05, 3.63) is 35.4 Å². The zero-order valence-electron chi connectivity index (χ0n) is 12.0. The van der Waals surface area contributed by atoms with Crippen LogP contribution in [0.3, 0.4) is 0 Å². The van der Waals surface area contributed by atoms with Crippen molar-refractivity contribution in [2.75, 3.05) is 13.2 Å². The van der Waals surface area contributed by atoms with Crippen molar-refractivity contribution in [2.45, 2.75) is 11.8 Å². The van der Waals surface area contributed by atoms with Crippen LogP contribution in [-0.2, 0) is 24.3 Å². The number of carboxylic acids is 1. The number of carbonyl (C=O) groups is 2. The minimum atomic E-state index is -4.16. The van der Waals surface area contributed by atoms with Gasteiger partial charge in [0.25, 0.3) is 10.0 Å². The van der Waals surface area contributed by atoms with E-state index in [0.717, 1.165) is 0 Å². The highest BCUT2D eigenvalue weighted by atomic mass is 32.2. The summed E-state index contributed by atoms with van der Waals surface area (Å²) in [6.07, 6.45) is 0. The maximum atomic E-state index is 12.5. The molecule has 1 aliphatic heterocycles. The predicted octanol–water partition coefficient (Wildman–Crippen LogP) is 0.573. The van der Waals surface area contributed by atoms with E-state index in [9.17, 15) is 23.3 Å². The molecule has 0 fully saturated rings. The van der Waals surface area contributed by atoms with E-state index in [1.165, 1.54) is 31.2 Å². The zero-order valence-corrected chi connectivity index (χ0v) is 12.8. The Morgan fingerprint density at radius 1 is 1.35 bits per heavy atom. The summed E-state index contributed by atoms with van der Waals surface area (Å²) in [5.74, 6) is -2.42. The van der Waals surface area contributed by atoms with Crippen molar-refractivity contribution >= 4 is 27.7 Å². The topological polar surface area (TPSA) is 125 Å². The van der Waals surface area contributed by atoms with Crippen LogP contribution in [0.15, 0.2) is 34.7 Å². The fraction of sp³-hybridized carbons (Fsp3) is 0.214. The van der Waals surface area contributed by atoms with Crippen molar-refractivity contribution < 1.29 is 27.9 Å². The maximum absolute atomic E-state index is 12.5. The molecule has 1 heterocycles. The van der Waals surface area contributed by atoms with E-state index in [0.29, 0.717) is 4.31 Å². The summed E-state index contributed by atoms with van der Waals surface area (Å²) >= 11 is 0. The van der Waals surface area contributed by atoms with E-state index in [4.69, 9.17) is 9.84 Å². The lowest BCUT2D eigenvalue weighted by molar-refractivity contribution is -0.138. The van der Waals surface area contributed by atoms with Crippen LogP contribution < -0.4 is 0 Å². The number of rotatable bonds is 4. The van der Waals surface area contributed by atoms with E-state index in [1.807, 2.05) is 0 Å². The Labute approximate surface area is 132 Å². The Morgan fingerprint density at radius 2 is 2.00 bits per heavy atom. The van der Waals surface area contributed by atoms with Gasteiger partial charge in [0.2, 0.25) is 0 Å². The second-order valence-electron chi connectivity index (χ2n) is 4.46. The molecule has 0 bridgehead atoms. The standard InChI is InChI=1S/C14H12N2O6S/c1-2-22-14(19)10(7-15)13-9-5-3-4-6-11(9)23(20,21)16(13)8-12(17)18/h3-6H,2,8H2,1H3,(H,17,18)/b13-10-. The van der Waals surface area contributed by atoms with Crippen molar-refractivity contribution in [3.63, 3.8) is 0 Å². The molecule has 0 amide bonds. The molecule has 0 aromatic heterocycles. The smallest absolute Gasteiger partial charge is 0.351 e. The minimum Gasteiger partial charge on any atom is -0.480 e. The molecule has 0 radical (unpaired) electrons. The van der Waals surface area contributed by atoms with Gasteiger partial charge in [-0.05, 0) is 13.0 Å². The fourth-order valence-electron chi connectivity index (χ4n) is 2.21. The lowest BCUT2D eigenvalue weighted by Crippen LogP contribution is -2.31. The number of hydrogen-bond donors (Lipinski definition) is 1. The van der Waals surface area contributed by atoms with Gasteiger partial charge in [0.05, 0.1) is 17.2 Å². The number of ether oxygens (including phenoxy) is 1. The molecule has 0 atom stereocenters. The number of esters is 1. The molecular weight excluding hydrogens is 324 g/mol. The Balaban J connectivity index is 2.79. The largest absolute Gasteiger partial charge is 0.480 e. The average molecular weight is 336 g/mol. The highest BCUT2D eigenvalue weighted by Gasteiger charge is 2.42. The molecule has 2 rings (SSSR count). The molecule has 1 aromatic rings. The van der Waals surface area contributed by atoms with Crippen LogP contribution in [-0.4, -0.2) is 42.9 Å². The van der Waals surface area contributed by atoms with Gasteiger partial charge in [0.15, 0.2) is 5.57 Å². The number of benzene rings is 1. The number of nitrogens with zero attached hydrogens (tertiary/aromatic N) is 2. The number of fused-ring (bicyclic) bond motifs is 1. The molecule has 23 heavy (non-hydrogen) atoms. The third kappa shape index (κ3) is 2.76. The summed E-state index contributed by atoms with van der Waals surface area (Å²) in [5.41, 5.74) is -0.732. The van der Waals surface area contributed by atoms with Gasteiger partial charge in [-0.3, -0.25) is 9.10 Å². The summed E-state index contributed by atoms with van der Waals surface area (Å²) < 4.78 is 30.3. The summed E-state index contributed by atoms with van der Waals surface area (Å²) in [6.45, 7) is 0.619. The molecule has 0 saturated carbocycles. The van der Waals surface area contributed by atoms with Gasteiger partial charge in [-0.25, -0.2) is 13.2 Å².